The molecular weight excluding hydrogens is 162 g/mol. The van der Waals surface area contributed by atoms with Crippen molar-refractivity contribution in [3.63, 3.8) is 0 Å². The third kappa shape index (κ3) is 1.40. The van der Waals surface area contributed by atoms with Crippen LogP contribution in [-0.4, -0.2) is 17.7 Å². The van der Waals surface area contributed by atoms with Crippen LogP contribution in [0.4, 0.5) is 0 Å². The van der Waals surface area contributed by atoms with Crippen LogP contribution >= 0.6 is 0 Å². The molecule has 4 atom stereocenters. The highest BCUT2D eigenvalue weighted by molar-refractivity contribution is 5.07. The highest BCUT2D eigenvalue weighted by atomic mass is 16.5. The minimum absolute atomic E-state index is 0.00106. The van der Waals surface area contributed by atoms with Crippen LogP contribution in [0.25, 0.3) is 0 Å². The Bertz CT molecular complexity index is 195. The van der Waals surface area contributed by atoms with Gasteiger partial charge in [-0.15, -0.1) is 0 Å². The maximum Gasteiger partial charge on any atom is 0.0762 e. The van der Waals surface area contributed by atoms with Gasteiger partial charge in [0.05, 0.1) is 12.2 Å². The van der Waals surface area contributed by atoms with Crippen molar-refractivity contribution in [1.29, 1.82) is 0 Å². The van der Waals surface area contributed by atoms with E-state index in [0.717, 1.165) is 6.42 Å². The van der Waals surface area contributed by atoms with Crippen LogP contribution < -0.4 is 5.73 Å². The largest absolute Gasteiger partial charge is 0.373 e. The molecule has 13 heavy (non-hydrogen) atoms. The van der Waals surface area contributed by atoms with Gasteiger partial charge in [0, 0.05) is 5.54 Å². The average molecular weight is 183 g/mol. The molecule has 0 aromatic rings. The zero-order chi connectivity index (χ0) is 9.47. The Labute approximate surface area is 80.8 Å². The second-order valence-electron chi connectivity index (χ2n) is 4.83. The third-order valence-electron chi connectivity index (χ3n) is 3.93. The van der Waals surface area contributed by atoms with E-state index >= 15 is 0 Å². The van der Waals surface area contributed by atoms with Crippen molar-refractivity contribution >= 4 is 0 Å². The molecule has 2 heteroatoms. The van der Waals surface area contributed by atoms with Gasteiger partial charge in [-0.2, -0.15) is 0 Å². The van der Waals surface area contributed by atoms with E-state index in [9.17, 15) is 0 Å². The fourth-order valence-corrected chi connectivity index (χ4v) is 3.00. The van der Waals surface area contributed by atoms with Gasteiger partial charge in [0.25, 0.3) is 0 Å². The Hall–Kier alpha value is -0.0800. The van der Waals surface area contributed by atoms with E-state index in [4.69, 9.17) is 10.5 Å². The number of fused-ring (bicyclic) bond motifs is 2. The minimum atomic E-state index is -0.00106. The quantitative estimate of drug-likeness (QED) is 0.727. The van der Waals surface area contributed by atoms with Crippen LogP contribution in [-0.2, 0) is 4.74 Å². The summed E-state index contributed by atoms with van der Waals surface area (Å²) in [6, 6.07) is 0. The van der Waals surface area contributed by atoms with E-state index < -0.39 is 0 Å². The molecule has 2 N–H and O–H groups in total. The van der Waals surface area contributed by atoms with Gasteiger partial charge in [-0.05, 0) is 31.6 Å². The van der Waals surface area contributed by atoms with Gasteiger partial charge in [-0.3, -0.25) is 0 Å². The van der Waals surface area contributed by atoms with Crippen molar-refractivity contribution in [3.05, 3.63) is 0 Å². The average Bonchev–Trinajstić information content (AvgIpc) is 2.64. The molecule has 2 saturated heterocycles. The highest BCUT2D eigenvalue weighted by Gasteiger charge is 2.52. The van der Waals surface area contributed by atoms with E-state index in [1.165, 1.54) is 25.7 Å². The fourth-order valence-electron chi connectivity index (χ4n) is 3.00. The Balaban J connectivity index is 2.04. The Kier molecular flexibility index (Phi) is 2.37. The van der Waals surface area contributed by atoms with Crippen LogP contribution in [0, 0.1) is 5.92 Å². The van der Waals surface area contributed by atoms with E-state index in [0.29, 0.717) is 18.1 Å². The molecule has 76 valence electrons. The lowest BCUT2D eigenvalue weighted by Crippen LogP contribution is -2.53. The van der Waals surface area contributed by atoms with Gasteiger partial charge in [0.2, 0.25) is 0 Å². The lowest BCUT2D eigenvalue weighted by Gasteiger charge is -2.37. The minimum Gasteiger partial charge on any atom is -0.373 e. The molecule has 0 amide bonds. The third-order valence-corrected chi connectivity index (χ3v) is 3.93. The normalized spacial score (nSPS) is 45.5. The Morgan fingerprint density at radius 2 is 2.31 bits per heavy atom. The summed E-state index contributed by atoms with van der Waals surface area (Å²) >= 11 is 0. The Morgan fingerprint density at radius 3 is 2.77 bits per heavy atom. The van der Waals surface area contributed by atoms with E-state index in [2.05, 4.69) is 13.8 Å². The number of hydrogen-bond acceptors (Lipinski definition) is 2. The molecule has 2 rings (SSSR count). The fraction of sp³-hybridized carbons (Fsp3) is 1.00. The van der Waals surface area contributed by atoms with Crippen LogP contribution in [0.1, 0.15) is 46.0 Å². The standard InChI is InChI=1S/C11H21NO/c1-3-4-8(2)11(12)7-9-5-6-10(11)13-9/h8-10H,3-7,12H2,1-2H3. The van der Waals surface area contributed by atoms with Gasteiger partial charge in [0.1, 0.15) is 0 Å². The second kappa shape index (κ2) is 3.25. The Morgan fingerprint density at radius 1 is 1.54 bits per heavy atom. The number of nitrogens with two attached hydrogens (primary N) is 1. The van der Waals surface area contributed by atoms with E-state index in [-0.39, 0.29) is 5.54 Å². The van der Waals surface area contributed by atoms with Crippen molar-refractivity contribution in [2.24, 2.45) is 11.7 Å². The molecule has 0 spiro atoms. The molecule has 0 aliphatic carbocycles. The molecule has 0 aromatic heterocycles. The predicted molar refractivity (Wildman–Crippen MR) is 53.5 cm³/mol. The van der Waals surface area contributed by atoms with Gasteiger partial charge in [-0.25, -0.2) is 0 Å². The van der Waals surface area contributed by atoms with Crippen LogP contribution in [0.5, 0.6) is 0 Å². The number of rotatable bonds is 3. The first-order valence-corrected chi connectivity index (χ1v) is 5.61. The molecule has 2 aliphatic heterocycles. The van der Waals surface area contributed by atoms with Crippen LogP contribution in [0.2, 0.25) is 0 Å². The van der Waals surface area contributed by atoms with Crippen molar-refractivity contribution in [3.8, 4) is 0 Å². The second-order valence-corrected chi connectivity index (χ2v) is 4.83. The van der Waals surface area contributed by atoms with Crippen molar-refractivity contribution in [1.82, 2.24) is 0 Å². The molecule has 2 bridgehead atoms. The van der Waals surface area contributed by atoms with E-state index in [1.807, 2.05) is 0 Å². The van der Waals surface area contributed by atoms with Crippen molar-refractivity contribution < 1.29 is 4.74 Å². The first-order valence-electron chi connectivity index (χ1n) is 5.61. The van der Waals surface area contributed by atoms with Gasteiger partial charge in [0.15, 0.2) is 0 Å². The smallest absolute Gasteiger partial charge is 0.0762 e. The summed E-state index contributed by atoms with van der Waals surface area (Å²) in [4.78, 5) is 0. The molecule has 4 unspecified atom stereocenters. The summed E-state index contributed by atoms with van der Waals surface area (Å²) in [6.07, 6.45) is 6.84. The van der Waals surface area contributed by atoms with Gasteiger partial charge < -0.3 is 10.5 Å². The van der Waals surface area contributed by atoms with E-state index in [1.54, 1.807) is 0 Å². The maximum absolute atomic E-state index is 6.45. The first-order chi connectivity index (χ1) is 6.16. The summed E-state index contributed by atoms with van der Waals surface area (Å²) < 4.78 is 5.83. The molecule has 2 heterocycles. The number of ether oxygens (including phenoxy) is 1. The summed E-state index contributed by atoms with van der Waals surface area (Å²) in [5.41, 5.74) is 6.45. The molecular formula is C11H21NO. The lowest BCUT2D eigenvalue weighted by atomic mass is 9.72. The molecule has 2 fully saturated rings. The highest BCUT2D eigenvalue weighted by Crippen LogP contribution is 2.44. The van der Waals surface area contributed by atoms with Crippen LogP contribution in [0.15, 0.2) is 0 Å². The zero-order valence-electron chi connectivity index (χ0n) is 8.75. The molecule has 0 aromatic carbocycles. The molecule has 0 radical (unpaired) electrons. The summed E-state index contributed by atoms with van der Waals surface area (Å²) in [7, 11) is 0. The van der Waals surface area contributed by atoms with Crippen molar-refractivity contribution in [2.75, 3.05) is 0 Å². The molecule has 2 aliphatic rings. The van der Waals surface area contributed by atoms with Gasteiger partial charge >= 0.3 is 0 Å². The monoisotopic (exact) mass is 183 g/mol. The number of hydrogen-bond donors (Lipinski definition) is 1. The predicted octanol–water partition coefficient (Wildman–Crippen LogP) is 2.07. The summed E-state index contributed by atoms with van der Waals surface area (Å²) in [5, 5.41) is 0. The lowest BCUT2D eigenvalue weighted by molar-refractivity contribution is 0.0710. The molecule has 2 nitrogen and oxygen atoms in total. The van der Waals surface area contributed by atoms with Gasteiger partial charge in [-0.1, -0.05) is 20.3 Å². The summed E-state index contributed by atoms with van der Waals surface area (Å²) in [6.45, 7) is 4.52. The molecule has 0 saturated carbocycles. The first kappa shape index (κ1) is 9.47. The summed E-state index contributed by atoms with van der Waals surface area (Å²) in [5.74, 6) is 0.618. The maximum atomic E-state index is 6.45. The van der Waals surface area contributed by atoms with Crippen molar-refractivity contribution in [2.45, 2.75) is 63.7 Å². The van der Waals surface area contributed by atoms with Crippen LogP contribution in [0.3, 0.4) is 0 Å². The SMILES string of the molecule is CCCC(C)C1(N)CC2CCC1O2. The zero-order valence-corrected chi connectivity index (χ0v) is 8.75. The topological polar surface area (TPSA) is 35.2 Å².